The highest BCUT2D eigenvalue weighted by Crippen LogP contribution is 2.31. The smallest absolute Gasteiger partial charge is 0.227 e. The SMILES string of the molecule is COc1ccc(Nc2ncc3c(n2)CCN(Cc2cc(Br)cs2)C3)c(OC)c1. The molecule has 4 rings (SSSR count). The van der Waals surface area contributed by atoms with Gasteiger partial charge in [-0.2, -0.15) is 0 Å². The number of fused-ring (bicyclic) bond motifs is 1. The standard InChI is InChI=1S/C20H21BrN4O2S/c1-26-15-3-4-18(19(8-15)27-2)24-20-22-9-13-10-25(6-5-17(13)23-20)11-16-7-14(21)12-28-16/h3-4,7-9,12H,5-6,10-11H2,1-2H3,(H,22,23,24). The van der Waals surface area contributed by atoms with Gasteiger partial charge in [0, 0.05) is 58.6 Å². The summed E-state index contributed by atoms with van der Waals surface area (Å²) in [6.45, 7) is 2.82. The van der Waals surface area contributed by atoms with E-state index in [4.69, 9.17) is 14.5 Å². The van der Waals surface area contributed by atoms with E-state index in [-0.39, 0.29) is 0 Å². The zero-order chi connectivity index (χ0) is 19.5. The highest BCUT2D eigenvalue weighted by atomic mass is 79.9. The lowest BCUT2D eigenvalue weighted by molar-refractivity contribution is 0.245. The number of benzene rings is 1. The van der Waals surface area contributed by atoms with Crippen molar-refractivity contribution in [1.29, 1.82) is 0 Å². The Labute approximate surface area is 176 Å². The van der Waals surface area contributed by atoms with Crippen LogP contribution in [0.2, 0.25) is 0 Å². The van der Waals surface area contributed by atoms with E-state index in [2.05, 4.69) is 42.6 Å². The van der Waals surface area contributed by atoms with Crippen LogP contribution < -0.4 is 14.8 Å². The number of hydrogen-bond acceptors (Lipinski definition) is 7. The quantitative estimate of drug-likeness (QED) is 0.578. The molecule has 8 heteroatoms. The Bertz CT molecular complexity index is 979. The maximum atomic E-state index is 5.44. The third-order valence-electron chi connectivity index (χ3n) is 4.67. The van der Waals surface area contributed by atoms with Crippen LogP contribution in [0.1, 0.15) is 16.1 Å². The fourth-order valence-electron chi connectivity index (χ4n) is 3.25. The Hall–Kier alpha value is -2.16. The number of aromatic nitrogens is 2. The second-order valence-corrected chi connectivity index (χ2v) is 8.46. The summed E-state index contributed by atoms with van der Waals surface area (Å²) in [7, 11) is 3.27. The second kappa shape index (κ2) is 8.46. The normalized spacial score (nSPS) is 13.8. The Morgan fingerprint density at radius 1 is 1.25 bits per heavy atom. The van der Waals surface area contributed by atoms with Crippen LogP contribution in [0.3, 0.4) is 0 Å². The van der Waals surface area contributed by atoms with Crippen LogP contribution in [0, 0.1) is 0 Å². The number of methoxy groups -OCH3 is 2. The number of halogens is 1. The van der Waals surface area contributed by atoms with Gasteiger partial charge in [0.25, 0.3) is 0 Å². The molecular weight excluding hydrogens is 440 g/mol. The van der Waals surface area contributed by atoms with Crippen molar-refractivity contribution < 1.29 is 9.47 Å². The molecule has 0 fully saturated rings. The molecule has 0 atom stereocenters. The predicted octanol–water partition coefficient (Wildman–Crippen LogP) is 4.62. The molecule has 0 spiro atoms. The summed E-state index contributed by atoms with van der Waals surface area (Å²) in [5.41, 5.74) is 3.10. The van der Waals surface area contributed by atoms with Crippen LogP contribution in [0.4, 0.5) is 11.6 Å². The molecule has 146 valence electrons. The monoisotopic (exact) mass is 460 g/mol. The first-order valence-corrected chi connectivity index (χ1v) is 10.6. The molecule has 0 saturated carbocycles. The first kappa shape index (κ1) is 19.2. The third-order valence-corrected chi connectivity index (χ3v) is 6.35. The van der Waals surface area contributed by atoms with Crippen molar-refractivity contribution in [2.24, 2.45) is 0 Å². The van der Waals surface area contributed by atoms with Crippen LogP contribution in [0.5, 0.6) is 11.5 Å². The molecule has 0 unspecified atom stereocenters. The Morgan fingerprint density at radius 2 is 2.14 bits per heavy atom. The van der Waals surface area contributed by atoms with E-state index in [9.17, 15) is 0 Å². The first-order chi connectivity index (χ1) is 13.6. The summed E-state index contributed by atoms with van der Waals surface area (Å²) in [4.78, 5) is 13.0. The van der Waals surface area contributed by atoms with Gasteiger partial charge in [-0.1, -0.05) is 0 Å². The number of nitrogens with zero attached hydrogens (tertiary/aromatic N) is 3. The van der Waals surface area contributed by atoms with Gasteiger partial charge >= 0.3 is 0 Å². The maximum absolute atomic E-state index is 5.44. The minimum absolute atomic E-state index is 0.581. The Kier molecular flexibility index (Phi) is 5.79. The number of ether oxygens (including phenoxy) is 2. The third kappa shape index (κ3) is 4.29. The number of nitrogens with one attached hydrogen (secondary N) is 1. The molecule has 6 nitrogen and oxygen atoms in total. The molecule has 1 aliphatic heterocycles. The van der Waals surface area contributed by atoms with Crippen molar-refractivity contribution in [2.45, 2.75) is 19.5 Å². The molecule has 0 saturated heterocycles. The summed E-state index contributed by atoms with van der Waals surface area (Å²) < 4.78 is 11.8. The lowest BCUT2D eigenvalue weighted by atomic mass is 10.1. The summed E-state index contributed by atoms with van der Waals surface area (Å²) in [5, 5.41) is 5.39. The Balaban J connectivity index is 1.47. The van der Waals surface area contributed by atoms with Gasteiger partial charge in [-0.15, -0.1) is 11.3 Å². The van der Waals surface area contributed by atoms with Crippen molar-refractivity contribution in [1.82, 2.24) is 14.9 Å². The van der Waals surface area contributed by atoms with E-state index in [0.717, 1.165) is 47.7 Å². The topological polar surface area (TPSA) is 59.5 Å². The summed E-state index contributed by atoms with van der Waals surface area (Å²) in [5.74, 6) is 2.01. The van der Waals surface area contributed by atoms with E-state index in [1.54, 1.807) is 25.6 Å². The molecule has 0 aliphatic carbocycles. The highest BCUT2D eigenvalue weighted by molar-refractivity contribution is 9.10. The van der Waals surface area contributed by atoms with Gasteiger partial charge < -0.3 is 14.8 Å². The van der Waals surface area contributed by atoms with Gasteiger partial charge in [0.2, 0.25) is 5.95 Å². The van der Waals surface area contributed by atoms with Crippen molar-refractivity contribution in [3.05, 3.63) is 56.4 Å². The summed E-state index contributed by atoms with van der Waals surface area (Å²) in [6.07, 6.45) is 2.84. The molecule has 2 aromatic heterocycles. The largest absolute Gasteiger partial charge is 0.497 e. The average molecular weight is 461 g/mol. The van der Waals surface area contributed by atoms with Crippen molar-refractivity contribution >= 4 is 38.9 Å². The second-order valence-electron chi connectivity index (χ2n) is 6.55. The molecule has 1 N–H and O–H groups in total. The van der Waals surface area contributed by atoms with Crippen LogP contribution >= 0.6 is 27.3 Å². The van der Waals surface area contributed by atoms with E-state index in [0.29, 0.717) is 11.7 Å². The van der Waals surface area contributed by atoms with Gasteiger partial charge in [0.05, 0.1) is 25.6 Å². The van der Waals surface area contributed by atoms with Gasteiger partial charge in [-0.05, 0) is 34.1 Å². The van der Waals surface area contributed by atoms with Crippen molar-refractivity contribution in [2.75, 3.05) is 26.1 Å². The zero-order valence-electron chi connectivity index (χ0n) is 15.7. The van der Waals surface area contributed by atoms with E-state index in [1.807, 2.05) is 24.4 Å². The van der Waals surface area contributed by atoms with Crippen molar-refractivity contribution in [3.63, 3.8) is 0 Å². The highest BCUT2D eigenvalue weighted by Gasteiger charge is 2.19. The minimum atomic E-state index is 0.581. The summed E-state index contributed by atoms with van der Waals surface area (Å²) in [6, 6.07) is 7.80. The molecule has 0 bridgehead atoms. The van der Waals surface area contributed by atoms with Gasteiger partial charge in [0.15, 0.2) is 0 Å². The maximum Gasteiger partial charge on any atom is 0.227 e. The Morgan fingerprint density at radius 3 is 2.89 bits per heavy atom. The summed E-state index contributed by atoms with van der Waals surface area (Å²) >= 11 is 5.31. The van der Waals surface area contributed by atoms with Gasteiger partial charge in [-0.3, -0.25) is 4.90 Å². The predicted molar refractivity (Wildman–Crippen MR) is 115 cm³/mol. The van der Waals surface area contributed by atoms with Crippen LogP contribution in [0.15, 0.2) is 40.3 Å². The molecule has 0 radical (unpaired) electrons. The molecular formula is C20H21BrN4O2S. The van der Waals surface area contributed by atoms with Crippen LogP contribution in [-0.4, -0.2) is 35.6 Å². The van der Waals surface area contributed by atoms with Crippen molar-refractivity contribution in [3.8, 4) is 11.5 Å². The first-order valence-electron chi connectivity index (χ1n) is 8.93. The fraction of sp³-hybridized carbons (Fsp3) is 0.300. The molecule has 1 aliphatic rings. The average Bonchev–Trinajstić information content (AvgIpc) is 3.13. The molecule has 3 aromatic rings. The molecule has 1 aromatic carbocycles. The van der Waals surface area contributed by atoms with Crippen LogP contribution in [0.25, 0.3) is 0 Å². The number of hydrogen-bond donors (Lipinski definition) is 1. The van der Waals surface area contributed by atoms with Gasteiger partial charge in [-0.25, -0.2) is 9.97 Å². The number of anilines is 2. The number of thiophene rings is 1. The molecule has 28 heavy (non-hydrogen) atoms. The fourth-order valence-corrected chi connectivity index (χ4v) is 4.74. The zero-order valence-corrected chi connectivity index (χ0v) is 18.1. The van der Waals surface area contributed by atoms with Crippen LogP contribution in [-0.2, 0) is 19.5 Å². The molecule has 3 heterocycles. The lowest BCUT2D eigenvalue weighted by Crippen LogP contribution is -2.30. The van der Waals surface area contributed by atoms with Gasteiger partial charge in [0.1, 0.15) is 11.5 Å². The van der Waals surface area contributed by atoms with E-state index in [1.165, 1.54) is 10.4 Å². The van der Waals surface area contributed by atoms with E-state index >= 15 is 0 Å². The number of rotatable bonds is 6. The van der Waals surface area contributed by atoms with E-state index < -0.39 is 0 Å². The molecule has 0 amide bonds. The minimum Gasteiger partial charge on any atom is -0.497 e. The lowest BCUT2D eigenvalue weighted by Gasteiger charge is -2.27.